The maximum Gasteiger partial charge on any atom is 0.223 e. The minimum absolute atomic E-state index is 0.0359. The second-order valence-electron chi connectivity index (χ2n) is 7.17. The highest BCUT2D eigenvalue weighted by atomic mass is 19.1. The number of hydrogen-bond acceptors (Lipinski definition) is 2. The lowest BCUT2D eigenvalue weighted by molar-refractivity contribution is -0.122. The van der Waals surface area contributed by atoms with E-state index in [1.807, 2.05) is 0 Å². The number of nitrogens with zero attached hydrogens (tertiary/aromatic N) is 1. The van der Waals surface area contributed by atoms with Crippen molar-refractivity contribution in [1.82, 2.24) is 5.32 Å². The number of halogens is 1. The summed E-state index contributed by atoms with van der Waals surface area (Å²) >= 11 is 0. The van der Waals surface area contributed by atoms with E-state index in [9.17, 15) is 9.18 Å². The molecule has 0 spiro atoms. The second kappa shape index (κ2) is 6.51. The zero-order valence-electron chi connectivity index (χ0n) is 14.4. The van der Waals surface area contributed by atoms with Gasteiger partial charge in [0.2, 0.25) is 5.91 Å². The van der Waals surface area contributed by atoms with Crippen molar-refractivity contribution in [2.75, 3.05) is 18.0 Å². The number of carbonyl (C=O) groups excluding carboxylic acids is 1. The van der Waals surface area contributed by atoms with Crippen molar-refractivity contribution in [3.8, 4) is 0 Å². The second-order valence-corrected chi connectivity index (χ2v) is 7.17. The summed E-state index contributed by atoms with van der Waals surface area (Å²) in [6.45, 7) is 3.72. The van der Waals surface area contributed by atoms with Crippen molar-refractivity contribution in [3.05, 3.63) is 65.5 Å². The van der Waals surface area contributed by atoms with Crippen LogP contribution in [0.5, 0.6) is 0 Å². The molecule has 2 aromatic rings. The molecule has 0 radical (unpaired) electrons. The van der Waals surface area contributed by atoms with Gasteiger partial charge in [-0.1, -0.05) is 30.3 Å². The number of hydrogen-bond donors (Lipinski definition) is 1. The molecule has 3 nitrogen and oxygen atoms in total. The zero-order chi connectivity index (χ0) is 17.4. The van der Waals surface area contributed by atoms with Crippen molar-refractivity contribution in [2.45, 2.75) is 31.7 Å². The van der Waals surface area contributed by atoms with Gasteiger partial charge in [-0.05, 0) is 55.0 Å². The van der Waals surface area contributed by atoms with Crippen LogP contribution in [-0.4, -0.2) is 25.0 Å². The van der Waals surface area contributed by atoms with Crippen LogP contribution in [-0.2, 0) is 11.2 Å². The molecule has 4 rings (SSSR count). The van der Waals surface area contributed by atoms with E-state index in [0.29, 0.717) is 12.6 Å². The van der Waals surface area contributed by atoms with Crippen LogP contribution >= 0.6 is 0 Å². The smallest absolute Gasteiger partial charge is 0.223 e. The number of carbonyl (C=O) groups is 1. The SMILES string of the molecule is CC1Cc2ccccc2N1CCNC(=O)C1CC1c1ccc(F)cc1. The predicted molar refractivity (Wildman–Crippen MR) is 97.2 cm³/mol. The Balaban J connectivity index is 1.28. The Morgan fingerprint density at radius 1 is 1.20 bits per heavy atom. The van der Waals surface area contributed by atoms with Crippen LogP contribution in [0.25, 0.3) is 0 Å². The third-order valence-corrected chi connectivity index (χ3v) is 5.43. The Hall–Kier alpha value is -2.36. The van der Waals surface area contributed by atoms with E-state index in [2.05, 4.69) is 41.4 Å². The minimum Gasteiger partial charge on any atom is -0.367 e. The van der Waals surface area contributed by atoms with Gasteiger partial charge in [0, 0.05) is 30.7 Å². The Labute approximate surface area is 147 Å². The summed E-state index contributed by atoms with van der Waals surface area (Å²) in [5.74, 6) is 0.167. The van der Waals surface area contributed by atoms with Crippen LogP contribution < -0.4 is 10.2 Å². The van der Waals surface area contributed by atoms with E-state index in [1.54, 1.807) is 12.1 Å². The van der Waals surface area contributed by atoms with Crippen molar-refractivity contribution in [2.24, 2.45) is 5.92 Å². The van der Waals surface area contributed by atoms with E-state index in [4.69, 9.17) is 0 Å². The lowest BCUT2D eigenvalue weighted by atomic mass is 10.1. The minimum atomic E-state index is -0.231. The molecule has 1 heterocycles. The largest absolute Gasteiger partial charge is 0.367 e. The molecule has 130 valence electrons. The molecule has 2 aliphatic rings. The summed E-state index contributed by atoms with van der Waals surface area (Å²) in [6.07, 6.45) is 1.93. The van der Waals surface area contributed by atoms with Gasteiger partial charge in [-0.2, -0.15) is 0 Å². The number of rotatable bonds is 5. The van der Waals surface area contributed by atoms with Gasteiger partial charge in [0.05, 0.1) is 0 Å². The quantitative estimate of drug-likeness (QED) is 0.905. The van der Waals surface area contributed by atoms with Crippen LogP contribution in [0.1, 0.15) is 30.4 Å². The standard InChI is InChI=1S/C21H23FN2O/c1-14-12-16-4-2-3-5-20(16)24(14)11-10-23-21(25)19-13-18(19)15-6-8-17(22)9-7-15/h2-9,14,18-19H,10-13H2,1H3,(H,23,25). The highest BCUT2D eigenvalue weighted by Gasteiger charge is 2.43. The van der Waals surface area contributed by atoms with Gasteiger partial charge >= 0.3 is 0 Å². The van der Waals surface area contributed by atoms with Crippen LogP contribution in [0.2, 0.25) is 0 Å². The summed E-state index contributed by atoms with van der Waals surface area (Å²) in [6, 6.07) is 15.5. The Morgan fingerprint density at radius 2 is 1.96 bits per heavy atom. The van der Waals surface area contributed by atoms with Gasteiger partial charge in [-0.3, -0.25) is 4.79 Å². The molecule has 3 unspecified atom stereocenters. The molecule has 3 atom stereocenters. The monoisotopic (exact) mass is 338 g/mol. The molecule has 0 aromatic heterocycles. The molecular formula is C21H23FN2O. The lowest BCUT2D eigenvalue weighted by Gasteiger charge is -2.25. The summed E-state index contributed by atoms with van der Waals surface area (Å²) in [4.78, 5) is 14.7. The molecule has 2 aromatic carbocycles. The van der Waals surface area contributed by atoms with Crippen molar-refractivity contribution in [1.29, 1.82) is 0 Å². The number of fused-ring (bicyclic) bond motifs is 1. The number of nitrogens with one attached hydrogen (secondary N) is 1. The van der Waals surface area contributed by atoms with Gasteiger partial charge in [-0.25, -0.2) is 4.39 Å². The molecule has 1 fully saturated rings. The first-order chi connectivity index (χ1) is 12.1. The van der Waals surface area contributed by atoms with Gasteiger partial charge in [-0.15, -0.1) is 0 Å². The van der Waals surface area contributed by atoms with Gasteiger partial charge < -0.3 is 10.2 Å². The lowest BCUT2D eigenvalue weighted by Crippen LogP contribution is -2.38. The molecule has 1 amide bonds. The predicted octanol–water partition coefficient (Wildman–Crippen LogP) is 3.50. The molecule has 1 saturated carbocycles. The fourth-order valence-corrected chi connectivity index (χ4v) is 3.96. The Kier molecular flexibility index (Phi) is 4.20. The number of anilines is 1. The first-order valence-electron chi connectivity index (χ1n) is 9.01. The fraction of sp³-hybridized carbons (Fsp3) is 0.381. The summed E-state index contributed by atoms with van der Waals surface area (Å²) in [5, 5.41) is 3.08. The third kappa shape index (κ3) is 3.26. The first-order valence-corrected chi connectivity index (χ1v) is 9.01. The van der Waals surface area contributed by atoms with Crippen LogP contribution in [0.4, 0.5) is 10.1 Å². The molecular weight excluding hydrogens is 315 g/mol. The first kappa shape index (κ1) is 16.1. The molecule has 1 N–H and O–H groups in total. The van der Waals surface area contributed by atoms with Crippen LogP contribution in [0.3, 0.4) is 0 Å². The van der Waals surface area contributed by atoms with E-state index in [-0.39, 0.29) is 23.6 Å². The highest BCUT2D eigenvalue weighted by molar-refractivity contribution is 5.82. The number of para-hydroxylation sites is 1. The van der Waals surface area contributed by atoms with E-state index in [1.165, 1.54) is 23.4 Å². The maximum absolute atomic E-state index is 13.0. The highest BCUT2D eigenvalue weighted by Crippen LogP contribution is 2.47. The average Bonchev–Trinajstić information content (AvgIpc) is 3.34. The summed E-state index contributed by atoms with van der Waals surface area (Å²) in [7, 11) is 0. The topological polar surface area (TPSA) is 32.3 Å². The average molecular weight is 338 g/mol. The molecule has 0 bridgehead atoms. The third-order valence-electron chi connectivity index (χ3n) is 5.43. The van der Waals surface area contributed by atoms with Crippen LogP contribution in [0, 0.1) is 11.7 Å². The Morgan fingerprint density at radius 3 is 2.76 bits per heavy atom. The van der Waals surface area contributed by atoms with E-state index >= 15 is 0 Å². The van der Waals surface area contributed by atoms with Crippen molar-refractivity contribution < 1.29 is 9.18 Å². The molecule has 4 heteroatoms. The Bertz CT molecular complexity index is 774. The molecule has 0 saturated heterocycles. The van der Waals surface area contributed by atoms with Crippen LogP contribution in [0.15, 0.2) is 48.5 Å². The zero-order valence-corrected chi connectivity index (χ0v) is 14.4. The molecule has 1 aliphatic heterocycles. The summed E-state index contributed by atoms with van der Waals surface area (Å²) < 4.78 is 13.0. The van der Waals surface area contributed by atoms with Crippen molar-refractivity contribution >= 4 is 11.6 Å². The summed E-state index contributed by atoms with van der Waals surface area (Å²) in [5.41, 5.74) is 3.74. The fourth-order valence-electron chi connectivity index (χ4n) is 3.96. The maximum atomic E-state index is 13.0. The normalized spacial score (nSPS) is 24.1. The van der Waals surface area contributed by atoms with E-state index in [0.717, 1.165) is 24.9 Å². The van der Waals surface area contributed by atoms with Gasteiger partial charge in [0.1, 0.15) is 5.82 Å². The van der Waals surface area contributed by atoms with E-state index < -0.39 is 0 Å². The molecule has 25 heavy (non-hydrogen) atoms. The number of benzene rings is 2. The molecule has 1 aliphatic carbocycles. The number of amides is 1. The van der Waals surface area contributed by atoms with Gasteiger partial charge in [0.15, 0.2) is 0 Å². The van der Waals surface area contributed by atoms with Crippen molar-refractivity contribution in [3.63, 3.8) is 0 Å². The van der Waals surface area contributed by atoms with Gasteiger partial charge in [0.25, 0.3) is 0 Å².